The molecule has 13 heavy (non-hydrogen) atoms. The first-order valence-corrected chi connectivity index (χ1v) is 3.53. The van der Waals surface area contributed by atoms with E-state index in [2.05, 4.69) is 4.98 Å². The zero-order chi connectivity index (χ0) is 9.68. The van der Waals surface area contributed by atoms with Crippen molar-refractivity contribution in [2.75, 3.05) is 0 Å². The van der Waals surface area contributed by atoms with E-state index >= 15 is 0 Å². The van der Waals surface area contributed by atoms with Gasteiger partial charge in [-0.1, -0.05) is 6.07 Å². The fourth-order valence-corrected chi connectivity index (χ4v) is 0.803. The van der Waals surface area contributed by atoms with Crippen LogP contribution in [0.25, 0.3) is 0 Å². The summed E-state index contributed by atoms with van der Waals surface area (Å²) in [5.74, 6) is 0. The van der Waals surface area contributed by atoms with Crippen molar-refractivity contribution in [3.8, 4) is 6.07 Å². The zero-order valence-electron chi connectivity index (χ0n) is 6.65. The lowest BCUT2D eigenvalue weighted by Gasteiger charge is -2.04. The van der Waals surface area contributed by atoms with Crippen LogP contribution in [0.4, 0.5) is 4.79 Å². The second-order valence-corrected chi connectivity index (χ2v) is 2.27. The molecule has 66 valence electrons. The summed E-state index contributed by atoms with van der Waals surface area (Å²) in [4.78, 5) is 13.9. The van der Waals surface area contributed by atoms with E-state index in [0.29, 0.717) is 5.69 Å². The number of aromatic nitrogens is 1. The highest BCUT2D eigenvalue weighted by atomic mass is 16.4. The van der Waals surface area contributed by atoms with Crippen LogP contribution in [0, 0.1) is 11.3 Å². The van der Waals surface area contributed by atoms with Crippen molar-refractivity contribution in [3.63, 3.8) is 0 Å². The summed E-state index contributed by atoms with van der Waals surface area (Å²) in [7, 11) is 0. The molecule has 1 heterocycles. The normalized spacial score (nSPS) is 8.85. The van der Waals surface area contributed by atoms with Gasteiger partial charge in [0.25, 0.3) is 0 Å². The van der Waals surface area contributed by atoms with Gasteiger partial charge in [0.2, 0.25) is 0 Å². The molecule has 5 heteroatoms. The Morgan fingerprint density at radius 3 is 3.08 bits per heavy atom. The number of nitrogens with one attached hydrogen (secondary N) is 1. The molecule has 1 N–H and O–H groups in total. The van der Waals surface area contributed by atoms with Crippen molar-refractivity contribution >= 4 is 6.09 Å². The summed E-state index contributed by atoms with van der Waals surface area (Å²) in [6.07, 6.45) is -1.36. The fourth-order valence-electron chi connectivity index (χ4n) is 0.803. The van der Waals surface area contributed by atoms with E-state index in [4.69, 9.17) is 5.26 Å². The van der Waals surface area contributed by atoms with Gasteiger partial charge in [-0.05, 0) is 12.1 Å². The monoisotopic (exact) mass is 176 g/mol. The SMILES string of the molecule is N#Cc1cccc(CNC(=O)[O-])n1. The number of rotatable bonds is 2. The summed E-state index contributed by atoms with van der Waals surface area (Å²) in [6.45, 7) is 0.0534. The molecule has 0 unspecified atom stereocenters. The molecule has 5 nitrogen and oxygen atoms in total. The third kappa shape index (κ3) is 2.79. The first-order valence-electron chi connectivity index (χ1n) is 3.53. The molecule has 1 aromatic heterocycles. The van der Waals surface area contributed by atoms with E-state index < -0.39 is 6.09 Å². The van der Waals surface area contributed by atoms with Gasteiger partial charge in [-0.15, -0.1) is 0 Å². The van der Waals surface area contributed by atoms with E-state index in [1.54, 1.807) is 18.2 Å². The number of pyridine rings is 1. The van der Waals surface area contributed by atoms with E-state index in [1.807, 2.05) is 11.4 Å². The Morgan fingerprint density at radius 2 is 2.46 bits per heavy atom. The number of carbonyl (C=O) groups excluding carboxylic acids is 1. The van der Waals surface area contributed by atoms with E-state index in [1.165, 1.54) is 0 Å². The number of amides is 1. The molecule has 0 radical (unpaired) electrons. The molecule has 1 rings (SSSR count). The summed E-state index contributed by atoms with van der Waals surface area (Å²) in [5, 5.41) is 20.5. The Morgan fingerprint density at radius 1 is 1.69 bits per heavy atom. The van der Waals surface area contributed by atoms with Crippen LogP contribution in [0.15, 0.2) is 18.2 Å². The molecule has 0 bridgehead atoms. The number of hydrogen-bond acceptors (Lipinski definition) is 4. The lowest BCUT2D eigenvalue weighted by atomic mass is 10.3. The minimum absolute atomic E-state index is 0.0534. The van der Waals surface area contributed by atoms with Crippen LogP contribution < -0.4 is 10.4 Å². The van der Waals surface area contributed by atoms with Crippen LogP contribution in [-0.2, 0) is 6.54 Å². The topological polar surface area (TPSA) is 88.8 Å². The van der Waals surface area contributed by atoms with Crippen LogP contribution in [0.3, 0.4) is 0 Å². The third-order valence-electron chi connectivity index (χ3n) is 1.34. The average molecular weight is 176 g/mol. The summed E-state index contributed by atoms with van der Waals surface area (Å²) >= 11 is 0. The van der Waals surface area contributed by atoms with Gasteiger partial charge in [-0.2, -0.15) is 5.26 Å². The number of nitrogens with zero attached hydrogens (tertiary/aromatic N) is 2. The molecule has 0 aliphatic heterocycles. The molecule has 0 saturated carbocycles. The molecule has 0 fully saturated rings. The predicted octanol–water partition coefficient (Wildman–Crippen LogP) is -0.614. The van der Waals surface area contributed by atoms with Gasteiger partial charge in [0.05, 0.1) is 12.2 Å². The van der Waals surface area contributed by atoms with E-state index in [9.17, 15) is 9.90 Å². The molecular formula is C8H6N3O2-. The minimum Gasteiger partial charge on any atom is -0.530 e. The zero-order valence-corrected chi connectivity index (χ0v) is 6.65. The molecular weight excluding hydrogens is 170 g/mol. The Labute approximate surface area is 74.6 Å². The molecule has 0 saturated heterocycles. The Hall–Kier alpha value is -2.09. The van der Waals surface area contributed by atoms with Crippen LogP contribution in [0.2, 0.25) is 0 Å². The number of nitriles is 1. The lowest BCUT2D eigenvalue weighted by Crippen LogP contribution is -2.36. The number of carboxylic acid groups (broad SMARTS) is 1. The van der Waals surface area contributed by atoms with Gasteiger partial charge in [-0.3, -0.25) is 0 Å². The highest BCUT2D eigenvalue weighted by Crippen LogP contribution is 1.97. The minimum atomic E-state index is -1.36. The largest absolute Gasteiger partial charge is 0.530 e. The molecule has 0 aliphatic rings. The fraction of sp³-hybridized carbons (Fsp3) is 0.125. The van der Waals surface area contributed by atoms with Crippen molar-refractivity contribution in [3.05, 3.63) is 29.6 Å². The maximum atomic E-state index is 10.0. The first kappa shape index (κ1) is 9.00. The molecule has 1 amide bonds. The van der Waals surface area contributed by atoms with Gasteiger partial charge in [0.15, 0.2) is 0 Å². The second kappa shape index (κ2) is 4.07. The van der Waals surface area contributed by atoms with Crippen molar-refractivity contribution in [2.24, 2.45) is 0 Å². The maximum absolute atomic E-state index is 10.0. The van der Waals surface area contributed by atoms with Gasteiger partial charge < -0.3 is 15.2 Å². The van der Waals surface area contributed by atoms with Gasteiger partial charge in [-0.25, -0.2) is 4.98 Å². The van der Waals surface area contributed by atoms with Crippen LogP contribution >= 0.6 is 0 Å². The standard InChI is InChI=1S/C8H7N3O2/c9-4-6-2-1-3-7(11-6)5-10-8(12)13/h1-3,10H,5H2,(H,12,13)/p-1. The lowest BCUT2D eigenvalue weighted by molar-refractivity contribution is -0.251. The maximum Gasteiger partial charge on any atom is 0.140 e. The first-order chi connectivity index (χ1) is 6.22. The summed E-state index contributed by atoms with van der Waals surface area (Å²) < 4.78 is 0. The van der Waals surface area contributed by atoms with Crippen molar-refractivity contribution in [1.82, 2.24) is 10.3 Å². The van der Waals surface area contributed by atoms with Gasteiger partial charge >= 0.3 is 0 Å². The van der Waals surface area contributed by atoms with Gasteiger partial charge in [0.1, 0.15) is 17.9 Å². The average Bonchev–Trinajstić information content (AvgIpc) is 2.15. The van der Waals surface area contributed by atoms with Crippen LogP contribution in [-0.4, -0.2) is 11.1 Å². The molecule has 1 aromatic rings. The van der Waals surface area contributed by atoms with E-state index in [-0.39, 0.29) is 12.2 Å². The second-order valence-electron chi connectivity index (χ2n) is 2.27. The highest BCUT2D eigenvalue weighted by Gasteiger charge is 1.95. The quantitative estimate of drug-likeness (QED) is 0.650. The Balaban J connectivity index is 2.68. The van der Waals surface area contributed by atoms with Gasteiger partial charge in [0, 0.05) is 0 Å². The number of hydrogen-bond donors (Lipinski definition) is 1. The third-order valence-corrected chi connectivity index (χ3v) is 1.34. The summed E-state index contributed by atoms with van der Waals surface area (Å²) in [5.41, 5.74) is 0.751. The molecule has 0 atom stereocenters. The molecule has 0 aliphatic carbocycles. The van der Waals surface area contributed by atoms with E-state index in [0.717, 1.165) is 0 Å². The van der Waals surface area contributed by atoms with Crippen molar-refractivity contribution in [1.29, 1.82) is 5.26 Å². The molecule has 0 spiro atoms. The van der Waals surface area contributed by atoms with Crippen molar-refractivity contribution < 1.29 is 9.90 Å². The highest BCUT2D eigenvalue weighted by molar-refractivity contribution is 5.61. The van der Waals surface area contributed by atoms with Crippen molar-refractivity contribution in [2.45, 2.75) is 6.54 Å². The molecule has 0 aromatic carbocycles. The van der Waals surface area contributed by atoms with Crippen LogP contribution in [0.5, 0.6) is 0 Å². The summed E-state index contributed by atoms with van der Waals surface area (Å²) in [6, 6.07) is 6.66. The number of carbonyl (C=O) groups is 1. The predicted molar refractivity (Wildman–Crippen MR) is 41.2 cm³/mol. The van der Waals surface area contributed by atoms with Crippen LogP contribution in [0.1, 0.15) is 11.4 Å². The Bertz CT molecular complexity index is 357. The smallest absolute Gasteiger partial charge is 0.140 e. The Kier molecular flexibility index (Phi) is 2.82.